The van der Waals surface area contributed by atoms with Gasteiger partial charge in [0.2, 0.25) is 0 Å². The first kappa shape index (κ1) is 15.9. The third kappa shape index (κ3) is 4.52. The van der Waals surface area contributed by atoms with Crippen LogP contribution < -0.4 is 10.6 Å². The summed E-state index contributed by atoms with van der Waals surface area (Å²) in [6.07, 6.45) is 0. The second kappa shape index (κ2) is 8.13. The summed E-state index contributed by atoms with van der Waals surface area (Å²) in [4.78, 5) is 13.4. The van der Waals surface area contributed by atoms with Gasteiger partial charge in [0, 0.05) is 25.4 Å². The van der Waals surface area contributed by atoms with E-state index in [2.05, 4.69) is 5.16 Å². The normalized spacial score (nSPS) is 11.4. The molecule has 0 saturated heterocycles. The highest BCUT2D eigenvalue weighted by Gasteiger charge is 2.12. The number of nitrogens with zero attached hydrogens (tertiary/aromatic N) is 2. The second-order valence-corrected chi connectivity index (χ2v) is 4.03. The second-order valence-electron chi connectivity index (χ2n) is 4.03. The van der Waals surface area contributed by atoms with Gasteiger partial charge in [-0.25, -0.2) is 0 Å². The molecule has 0 aromatic heterocycles. The van der Waals surface area contributed by atoms with Gasteiger partial charge in [-0.3, -0.25) is 4.79 Å². The van der Waals surface area contributed by atoms with E-state index in [1.54, 1.807) is 38.4 Å². The Balaban J connectivity index is 2.67. The molecule has 0 fully saturated rings. The van der Waals surface area contributed by atoms with Gasteiger partial charge in [0.15, 0.2) is 5.84 Å². The van der Waals surface area contributed by atoms with Crippen molar-refractivity contribution in [1.82, 2.24) is 0 Å². The number of anilines is 1. The summed E-state index contributed by atoms with van der Waals surface area (Å²) in [5.41, 5.74) is 6.68. The fraction of sp³-hybridized carbons (Fsp3) is 0.385. The number of amides is 1. The zero-order valence-corrected chi connectivity index (χ0v) is 11.6. The molecule has 7 nitrogen and oxygen atoms in total. The Kier molecular flexibility index (Phi) is 6.48. The number of ether oxygens (including phenoxy) is 2. The van der Waals surface area contributed by atoms with Crippen molar-refractivity contribution in [2.45, 2.75) is 0 Å². The van der Waals surface area contributed by atoms with Crippen LogP contribution in [-0.4, -0.2) is 50.9 Å². The number of benzene rings is 1. The molecule has 1 aromatic carbocycles. The Hall–Kier alpha value is -2.12. The fourth-order valence-corrected chi connectivity index (χ4v) is 1.47. The molecule has 1 aromatic rings. The van der Waals surface area contributed by atoms with Gasteiger partial charge >= 0.3 is 0 Å². The van der Waals surface area contributed by atoms with E-state index in [4.69, 9.17) is 20.4 Å². The molecule has 0 unspecified atom stereocenters. The van der Waals surface area contributed by atoms with Crippen LogP contribution in [0.1, 0.15) is 5.56 Å². The van der Waals surface area contributed by atoms with Crippen LogP contribution in [0.4, 0.5) is 5.69 Å². The van der Waals surface area contributed by atoms with Gasteiger partial charge in [0.1, 0.15) is 6.61 Å². The van der Waals surface area contributed by atoms with Crippen LogP contribution in [0.25, 0.3) is 0 Å². The number of oxime groups is 1. The van der Waals surface area contributed by atoms with E-state index in [0.717, 1.165) is 0 Å². The average molecular weight is 281 g/mol. The van der Waals surface area contributed by atoms with Crippen molar-refractivity contribution in [3.63, 3.8) is 0 Å². The zero-order chi connectivity index (χ0) is 15.0. The summed E-state index contributed by atoms with van der Waals surface area (Å²) in [6.45, 7) is 0.768. The molecule has 1 rings (SSSR count). The van der Waals surface area contributed by atoms with Crippen molar-refractivity contribution < 1.29 is 19.5 Å². The van der Waals surface area contributed by atoms with Crippen LogP contribution in [0, 0.1) is 0 Å². The summed E-state index contributed by atoms with van der Waals surface area (Å²) in [7, 11) is 3.20. The maximum Gasteiger partial charge on any atom is 0.252 e. The molecule has 0 spiro atoms. The van der Waals surface area contributed by atoms with Crippen molar-refractivity contribution in [2.24, 2.45) is 10.9 Å². The third-order valence-electron chi connectivity index (χ3n) is 2.67. The Morgan fingerprint density at radius 3 is 2.85 bits per heavy atom. The van der Waals surface area contributed by atoms with Gasteiger partial charge in [-0.05, 0) is 12.1 Å². The Morgan fingerprint density at radius 1 is 1.45 bits per heavy atom. The molecule has 110 valence electrons. The number of rotatable bonds is 7. The number of hydrogen-bond acceptors (Lipinski definition) is 5. The number of hydrogen-bond donors (Lipinski definition) is 2. The molecule has 0 bridgehead atoms. The summed E-state index contributed by atoms with van der Waals surface area (Å²) in [5, 5.41) is 11.6. The lowest BCUT2D eigenvalue weighted by molar-refractivity contribution is -0.123. The summed E-state index contributed by atoms with van der Waals surface area (Å²) in [6, 6.07) is 6.81. The van der Waals surface area contributed by atoms with E-state index in [1.165, 1.54) is 4.90 Å². The highest BCUT2D eigenvalue weighted by atomic mass is 16.5. The Labute approximate surface area is 117 Å². The largest absolute Gasteiger partial charge is 0.409 e. The van der Waals surface area contributed by atoms with Gasteiger partial charge in [-0.2, -0.15) is 0 Å². The quantitative estimate of drug-likeness (QED) is 0.248. The molecule has 0 heterocycles. The number of likely N-dealkylation sites (N-methyl/N-ethyl adjacent to an activating group) is 1. The molecule has 0 radical (unpaired) electrons. The summed E-state index contributed by atoms with van der Waals surface area (Å²) >= 11 is 0. The van der Waals surface area contributed by atoms with E-state index in [0.29, 0.717) is 24.5 Å². The SMILES string of the molecule is COCCOCC(=O)N(C)c1cccc(/C(N)=N/O)c1. The van der Waals surface area contributed by atoms with Crippen LogP contribution in [-0.2, 0) is 14.3 Å². The maximum absolute atomic E-state index is 11.9. The predicted octanol–water partition coefficient (Wildman–Crippen LogP) is 0.407. The Morgan fingerprint density at radius 2 is 2.20 bits per heavy atom. The van der Waals surface area contributed by atoms with E-state index in [1.807, 2.05) is 0 Å². The lowest BCUT2D eigenvalue weighted by Crippen LogP contribution is -2.30. The first-order valence-corrected chi connectivity index (χ1v) is 6.01. The molecular weight excluding hydrogens is 262 g/mol. The lowest BCUT2D eigenvalue weighted by atomic mass is 10.2. The van der Waals surface area contributed by atoms with E-state index in [9.17, 15) is 4.79 Å². The monoisotopic (exact) mass is 281 g/mol. The molecule has 0 atom stereocenters. The van der Waals surface area contributed by atoms with Gasteiger partial charge in [-0.15, -0.1) is 0 Å². The summed E-state index contributed by atoms with van der Waals surface area (Å²) < 4.78 is 10.00. The first-order valence-electron chi connectivity index (χ1n) is 6.01. The van der Waals surface area contributed by atoms with Crippen molar-refractivity contribution in [2.75, 3.05) is 38.9 Å². The predicted molar refractivity (Wildman–Crippen MR) is 75.1 cm³/mol. The van der Waals surface area contributed by atoms with Gasteiger partial charge in [0.05, 0.1) is 13.2 Å². The molecular formula is C13H19N3O4. The van der Waals surface area contributed by atoms with Crippen molar-refractivity contribution in [3.05, 3.63) is 29.8 Å². The van der Waals surface area contributed by atoms with Crippen molar-refractivity contribution in [3.8, 4) is 0 Å². The molecule has 0 saturated carbocycles. The Bertz CT molecular complexity index is 476. The molecule has 20 heavy (non-hydrogen) atoms. The van der Waals surface area contributed by atoms with E-state index >= 15 is 0 Å². The van der Waals surface area contributed by atoms with Crippen LogP contribution >= 0.6 is 0 Å². The standard InChI is InChI=1S/C13H19N3O4/c1-16(12(17)9-20-7-6-19-2)11-5-3-4-10(8-11)13(14)15-18/h3-5,8,18H,6-7,9H2,1-2H3,(H2,14,15). The van der Waals surface area contributed by atoms with Crippen LogP contribution in [0.3, 0.4) is 0 Å². The molecule has 0 aliphatic heterocycles. The number of carbonyl (C=O) groups excluding carboxylic acids is 1. The molecule has 7 heteroatoms. The van der Waals surface area contributed by atoms with Crippen molar-refractivity contribution >= 4 is 17.4 Å². The van der Waals surface area contributed by atoms with E-state index in [-0.39, 0.29) is 18.3 Å². The number of nitrogens with two attached hydrogens (primary N) is 1. The van der Waals surface area contributed by atoms with Gasteiger partial charge < -0.3 is 25.3 Å². The lowest BCUT2D eigenvalue weighted by Gasteiger charge is -2.18. The number of methoxy groups -OCH3 is 1. The molecule has 0 aliphatic rings. The van der Waals surface area contributed by atoms with Crippen molar-refractivity contribution in [1.29, 1.82) is 0 Å². The number of amidine groups is 1. The third-order valence-corrected chi connectivity index (χ3v) is 2.67. The van der Waals surface area contributed by atoms with Gasteiger partial charge in [-0.1, -0.05) is 17.3 Å². The smallest absolute Gasteiger partial charge is 0.252 e. The average Bonchev–Trinajstić information content (AvgIpc) is 2.49. The topological polar surface area (TPSA) is 97.4 Å². The highest BCUT2D eigenvalue weighted by molar-refractivity contribution is 5.99. The minimum Gasteiger partial charge on any atom is -0.409 e. The minimum absolute atomic E-state index is 0.0101. The van der Waals surface area contributed by atoms with E-state index < -0.39 is 0 Å². The van der Waals surface area contributed by atoms with Gasteiger partial charge in [0.25, 0.3) is 5.91 Å². The van der Waals surface area contributed by atoms with Crippen LogP contribution in [0.15, 0.2) is 29.4 Å². The van der Waals surface area contributed by atoms with Crippen LogP contribution in [0.5, 0.6) is 0 Å². The highest BCUT2D eigenvalue weighted by Crippen LogP contribution is 2.15. The zero-order valence-electron chi connectivity index (χ0n) is 11.6. The molecule has 3 N–H and O–H groups in total. The maximum atomic E-state index is 11.9. The number of carbonyl (C=O) groups is 1. The fourth-order valence-electron chi connectivity index (χ4n) is 1.47. The summed E-state index contributed by atoms with van der Waals surface area (Å²) in [5.74, 6) is -0.207. The minimum atomic E-state index is -0.197. The van der Waals surface area contributed by atoms with Crippen LogP contribution in [0.2, 0.25) is 0 Å². The molecule has 0 aliphatic carbocycles. The molecule has 1 amide bonds. The first-order chi connectivity index (χ1) is 9.60.